The fourth-order valence-corrected chi connectivity index (χ4v) is 3.94. The van der Waals surface area contributed by atoms with Crippen LogP contribution in [0, 0.1) is 11.6 Å². The van der Waals surface area contributed by atoms with Gasteiger partial charge >= 0.3 is 0 Å². The third-order valence-corrected chi connectivity index (χ3v) is 6.59. The largest absolute Gasteiger partial charge is 0.390 e. The first kappa shape index (κ1) is 23.8. The van der Waals surface area contributed by atoms with Crippen molar-refractivity contribution < 1.29 is 23.3 Å². The van der Waals surface area contributed by atoms with Gasteiger partial charge in [0.2, 0.25) is 5.91 Å². The van der Waals surface area contributed by atoms with Crippen LogP contribution in [-0.4, -0.2) is 54.7 Å². The number of oxime groups is 2. The van der Waals surface area contributed by atoms with Crippen LogP contribution in [0.1, 0.15) is 24.0 Å². The Balaban J connectivity index is 1.21. The quantitative estimate of drug-likeness (QED) is 0.529. The van der Waals surface area contributed by atoms with Crippen LogP contribution in [0.4, 0.5) is 8.78 Å². The Kier molecular flexibility index (Phi) is 7.40. The second kappa shape index (κ2) is 10.3. The summed E-state index contributed by atoms with van der Waals surface area (Å²) in [6.45, 7) is 0.352. The molecule has 0 saturated heterocycles. The molecule has 2 aromatic rings. The van der Waals surface area contributed by atoms with Crippen LogP contribution in [-0.2, 0) is 14.5 Å². The van der Waals surface area contributed by atoms with E-state index in [0.29, 0.717) is 44.3 Å². The van der Waals surface area contributed by atoms with Crippen molar-refractivity contribution in [3.63, 3.8) is 0 Å². The molecule has 0 saturated carbocycles. The summed E-state index contributed by atoms with van der Waals surface area (Å²) in [5.74, 6) is -0.963. The Bertz CT molecular complexity index is 1130. The summed E-state index contributed by atoms with van der Waals surface area (Å²) in [4.78, 5) is 24.9. The number of nitrogens with one attached hydrogen (secondary N) is 1. The highest BCUT2D eigenvalue weighted by Crippen LogP contribution is 2.23. The molecule has 2 aromatic carbocycles. The molecule has 0 spiro atoms. The highest BCUT2D eigenvalue weighted by Gasteiger charge is 2.28. The normalized spacial score (nSPS) is 19.7. The van der Waals surface area contributed by atoms with E-state index >= 15 is 0 Å². The molecule has 1 amide bonds. The van der Waals surface area contributed by atoms with E-state index in [1.54, 1.807) is 36.2 Å². The summed E-state index contributed by atoms with van der Waals surface area (Å²) < 4.78 is 28.3. The molecule has 2 unspecified atom stereocenters. The Hall–Kier alpha value is -2.37. The lowest BCUT2D eigenvalue weighted by atomic mass is 10.0. The molecular formula is C22H20Br2F2N4O3. The maximum absolute atomic E-state index is 13.8. The topological polar surface area (TPSA) is 75.5 Å². The molecule has 0 radical (unpaired) electrons. The Labute approximate surface area is 206 Å². The van der Waals surface area contributed by atoms with Crippen LogP contribution in [0.25, 0.3) is 0 Å². The van der Waals surface area contributed by atoms with Gasteiger partial charge in [-0.25, -0.2) is 8.78 Å². The number of carbonyl (C=O) groups is 1. The zero-order chi connectivity index (χ0) is 23.5. The predicted molar refractivity (Wildman–Crippen MR) is 126 cm³/mol. The molecule has 1 N–H and O–H groups in total. The Morgan fingerprint density at radius 1 is 1.03 bits per heavy atom. The molecule has 7 nitrogen and oxygen atoms in total. The maximum atomic E-state index is 13.8. The lowest BCUT2D eigenvalue weighted by Gasteiger charge is -2.21. The zero-order valence-corrected chi connectivity index (χ0v) is 20.7. The van der Waals surface area contributed by atoms with Crippen LogP contribution in [0.15, 0.2) is 55.7 Å². The van der Waals surface area contributed by atoms with Crippen molar-refractivity contribution in [2.24, 2.45) is 10.3 Å². The molecular weight excluding hydrogens is 566 g/mol. The van der Waals surface area contributed by atoms with E-state index in [1.165, 1.54) is 12.1 Å². The van der Waals surface area contributed by atoms with E-state index in [4.69, 9.17) is 9.68 Å². The van der Waals surface area contributed by atoms with Gasteiger partial charge in [0.05, 0.1) is 33.5 Å². The van der Waals surface area contributed by atoms with Crippen LogP contribution < -0.4 is 5.32 Å². The second-order valence-corrected chi connectivity index (χ2v) is 9.46. The van der Waals surface area contributed by atoms with Gasteiger partial charge in [-0.2, -0.15) is 0 Å². The summed E-state index contributed by atoms with van der Waals surface area (Å²) in [5.41, 5.74) is 2.53. The fraction of sp³-hybridized carbons (Fsp3) is 0.318. The number of likely N-dealkylation sites (N-methyl/N-ethyl adjacent to an activating group) is 1. The fourth-order valence-electron chi connectivity index (χ4n) is 3.44. The first-order valence-electron chi connectivity index (χ1n) is 10.1. The highest BCUT2D eigenvalue weighted by atomic mass is 79.9. The Morgan fingerprint density at radius 3 is 2.21 bits per heavy atom. The van der Waals surface area contributed by atoms with E-state index in [0.717, 1.165) is 0 Å². The first-order chi connectivity index (χ1) is 15.8. The third kappa shape index (κ3) is 5.77. The minimum atomic E-state index is -0.428. The minimum Gasteiger partial charge on any atom is -0.390 e. The lowest BCUT2D eigenvalue weighted by Crippen LogP contribution is -2.42. The molecule has 2 aliphatic rings. The average Bonchev–Trinajstić information content (AvgIpc) is 3.46. The molecule has 0 fully saturated rings. The van der Waals surface area contributed by atoms with Crippen molar-refractivity contribution in [1.29, 1.82) is 0 Å². The first-order valence-corrected chi connectivity index (χ1v) is 11.7. The van der Waals surface area contributed by atoms with E-state index < -0.39 is 6.23 Å². The summed E-state index contributed by atoms with van der Waals surface area (Å²) in [7, 11) is 1.75. The smallest absolute Gasteiger partial charge is 0.234 e. The number of hydrogen-bond donors (Lipinski definition) is 1. The van der Waals surface area contributed by atoms with Gasteiger partial charge in [-0.15, -0.1) is 0 Å². The third-order valence-electron chi connectivity index (χ3n) is 5.30. The molecule has 2 atom stereocenters. The lowest BCUT2D eigenvalue weighted by molar-refractivity contribution is -0.125. The number of nitrogens with zero attached hydrogens (tertiary/aromatic N) is 3. The van der Waals surface area contributed by atoms with Gasteiger partial charge in [-0.1, -0.05) is 22.4 Å². The van der Waals surface area contributed by atoms with Gasteiger partial charge < -0.3 is 15.0 Å². The van der Waals surface area contributed by atoms with Gasteiger partial charge in [-0.3, -0.25) is 9.69 Å². The van der Waals surface area contributed by atoms with Crippen molar-refractivity contribution in [2.45, 2.75) is 25.2 Å². The minimum absolute atomic E-state index is 0.0839. The van der Waals surface area contributed by atoms with Gasteiger partial charge in [0.25, 0.3) is 0 Å². The second-order valence-electron chi connectivity index (χ2n) is 7.75. The van der Waals surface area contributed by atoms with Gasteiger partial charge in [0, 0.05) is 24.0 Å². The molecule has 0 bridgehead atoms. The summed E-state index contributed by atoms with van der Waals surface area (Å²) in [6.07, 6.45) is 0.134. The predicted octanol–water partition coefficient (Wildman–Crippen LogP) is 4.18. The SMILES string of the molecule is CN(CC(=O)NCC1CC(c2ccc(Br)c(F)c2)=NO1)C1CC(c2ccc(Br)c(F)c2)=NO1. The van der Waals surface area contributed by atoms with Crippen molar-refractivity contribution >= 4 is 49.2 Å². The van der Waals surface area contributed by atoms with E-state index in [-0.39, 0.29) is 36.7 Å². The van der Waals surface area contributed by atoms with E-state index in [2.05, 4.69) is 47.5 Å². The van der Waals surface area contributed by atoms with Crippen LogP contribution in [0.2, 0.25) is 0 Å². The molecule has 4 rings (SSSR count). The summed E-state index contributed by atoms with van der Waals surface area (Å²) >= 11 is 6.25. The van der Waals surface area contributed by atoms with Crippen molar-refractivity contribution in [1.82, 2.24) is 10.2 Å². The Morgan fingerprint density at radius 2 is 1.61 bits per heavy atom. The molecule has 2 heterocycles. The number of benzene rings is 2. The van der Waals surface area contributed by atoms with E-state index in [9.17, 15) is 13.6 Å². The number of halogens is 4. The number of amides is 1. The van der Waals surface area contributed by atoms with Gasteiger partial charge in [-0.05, 0) is 63.2 Å². The van der Waals surface area contributed by atoms with Crippen LogP contribution in [0.3, 0.4) is 0 Å². The number of hydrogen-bond acceptors (Lipinski definition) is 6. The van der Waals surface area contributed by atoms with Crippen molar-refractivity contribution in [2.75, 3.05) is 20.1 Å². The van der Waals surface area contributed by atoms with Gasteiger partial charge in [0.1, 0.15) is 17.7 Å². The standard InChI is InChI=1S/C22H20Br2F2N4O3/c1-30(22-9-20(29-33-22)13-3-5-16(24)18(26)7-13)11-21(31)27-10-14-8-19(28-32-14)12-2-4-15(23)17(25)6-12/h2-7,14,22H,8-11H2,1H3,(H,27,31). The monoisotopic (exact) mass is 584 g/mol. The number of rotatable bonds is 7. The molecule has 0 aromatic heterocycles. The van der Waals surface area contributed by atoms with Crippen molar-refractivity contribution in [3.05, 3.63) is 68.1 Å². The molecule has 2 aliphatic heterocycles. The van der Waals surface area contributed by atoms with Crippen LogP contribution >= 0.6 is 31.9 Å². The average molecular weight is 586 g/mol. The highest BCUT2D eigenvalue weighted by molar-refractivity contribution is 9.10. The zero-order valence-electron chi connectivity index (χ0n) is 17.5. The maximum Gasteiger partial charge on any atom is 0.234 e. The van der Waals surface area contributed by atoms with Crippen LogP contribution in [0.5, 0.6) is 0 Å². The van der Waals surface area contributed by atoms with Crippen molar-refractivity contribution in [3.8, 4) is 0 Å². The summed E-state index contributed by atoms with van der Waals surface area (Å²) in [5, 5.41) is 10.9. The molecule has 174 valence electrons. The molecule has 11 heteroatoms. The van der Waals surface area contributed by atoms with Gasteiger partial charge in [0.15, 0.2) is 6.23 Å². The summed E-state index contributed by atoms with van der Waals surface area (Å²) in [6, 6.07) is 9.53. The molecule has 33 heavy (non-hydrogen) atoms. The van der Waals surface area contributed by atoms with E-state index in [1.807, 2.05) is 0 Å². The number of carbonyl (C=O) groups excluding carboxylic acids is 1. The molecule has 0 aliphatic carbocycles.